The topological polar surface area (TPSA) is 69.2 Å². The van der Waals surface area contributed by atoms with Crippen molar-refractivity contribution in [2.75, 3.05) is 6.54 Å². The molecule has 4 rings (SSSR count). The first-order valence-corrected chi connectivity index (χ1v) is 10.2. The largest absolute Gasteiger partial charge is 0.507 e. The number of phenolic OH excluding ortho intramolecular Hbond substituents is 1. The van der Waals surface area contributed by atoms with Crippen LogP contribution in [0, 0.1) is 13.8 Å². The van der Waals surface area contributed by atoms with E-state index in [9.17, 15) is 9.90 Å². The zero-order chi connectivity index (χ0) is 20.7. The molecule has 1 unspecified atom stereocenters. The van der Waals surface area contributed by atoms with Gasteiger partial charge < -0.3 is 10.0 Å². The zero-order valence-electron chi connectivity index (χ0n) is 17.4. The van der Waals surface area contributed by atoms with Gasteiger partial charge in [0.2, 0.25) is 0 Å². The van der Waals surface area contributed by atoms with Crippen LogP contribution < -0.4 is 0 Å². The van der Waals surface area contributed by atoms with Crippen LogP contribution in [0.25, 0.3) is 11.3 Å². The normalized spacial score (nSPS) is 15.8. The Morgan fingerprint density at radius 2 is 1.86 bits per heavy atom. The number of aromatic amines is 1. The fraction of sp³-hybridized carbons (Fsp3) is 0.333. The summed E-state index contributed by atoms with van der Waals surface area (Å²) in [6.45, 7) is 8.76. The summed E-state index contributed by atoms with van der Waals surface area (Å²) in [5.41, 5.74) is 6.88. The van der Waals surface area contributed by atoms with E-state index in [1.165, 1.54) is 5.56 Å². The molecule has 3 aromatic rings. The van der Waals surface area contributed by atoms with Gasteiger partial charge in [-0.15, -0.1) is 0 Å². The predicted molar refractivity (Wildman–Crippen MR) is 114 cm³/mol. The lowest BCUT2D eigenvalue weighted by molar-refractivity contribution is 0.0744. The Kier molecular flexibility index (Phi) is 4.91. The second kappa shape index (κ2) is 7.39. The lowest BCUT2D eigenvalue weighted by atomic mass is 9.93. The number of hydrogen-bond donors (Lipinski definition) is 2. The van der Waals surface area contributed by atoms with E-state index in [-0.39, 0.29) is 17.7 Å². The van der Waals surface area contributed by atoms with Crippen molar-refractivity contribution in [3.8, 4) is 17.0 Å². The van der Waals surface area contributed by atoms with Gasteiger partial charge in [-0.2, -0.15) is 5.10 Å². The number of hydrogen-bond acceptors (Lipinski definition) is 3. The molecule has 2 aromatic carbocycles. The van der Waals surface area contributed by atoms with Gasteiger partial charge in [0.05, 0.1) is 6.04 Å². The number of aromatic hydroxyl groups is 1. The summed E-state index contributed by atoms with van der Waals surface area (Å²) < 4.78 is 0. The lowest BCUT2D eigenvalue weighted by Gasteiger charge is -2.26. The van der Waals surface area contributed by atoms with Gasteiger partial charge in [0.1, 0.15) is 17.1 Å². The number of aromatic nitrogens is 2. The van der Waals surface area contributed by atoms with E-state index in [1.807, 2.05) is 30.9 Å². The van der Waals surface area contributed by atoms with Crippen molar-refractivity contribution < 1.29 is 9.90 Å². The van der Waals surface area contributed by atoms with Crippen LogP contribution in [-0.4, -0.2) is 32.7 Å². The molecule has 0 saturated carbocycles. The number of H-pyrrole nitrogens is 1. The molecule has 0 radical (unpaired) electrons. The van der Waals surface area contributed by atoms with Gasteiger partial charge in [0, 0.05) is 17.7 Å². The molecule has 0 aliphatic carbocycles. The van der Waals surface area contributed by atoms with Crippen LogP contribution >= 0.6 is 0 Å². The van der Waals surface area contributed by atoms with Crippen molar-refractivity contribution in [3.05, 3.63) is 69.9 Å². The van der Waals surface area contributed by atoms with Gasteiger partial charge in [-0.05, 0) is 55.0 Å². The smallest absolute Gasteiger partial charge is 0.273 e. The fourth-order valence-electron chi connectivity index (χ4n) is 4.30. The van der Waals surface area contributed by atoms with E-state index < -0.39 is 0 Å². The number of amides is 1. The molecule has 1 atom stereocenters. The molecule has 0 bridgehead atoms. The summed E-state index contributed by atoms with van der Waals surface area (Å²) in [5.74, 6) is 0.181. The molecule has 0 saturated heterocycles. The molecule has 1 aliphatic rings. The second-order valence-corrected chi connectivity index (χ2v) is 7.84. The van der Waals surface area contributed by atoms with Gasteiger partial charge in [-0.1, -0.05) is 44.2 Å². The third kappa shape index (κ3) is 3.11. The number of aryl methyl sites for hydroxylation is 3. The molecule has 0 fully saturated rings. The molecule has 0 spiro atoms. The highest BCUT2D eigenvalue weighted by Gasteiger charge is 2.42. The fourth-order valence-corrected chi connectivity index (χ4v) is 4.30. The molecular formula is C24H27N3O2. The van der Waals surface area contributed by atoms with E-state index in [1.54, 1.807) is 0 Å². The summed E-state index contributed by atoms with van der Waals surface area (Å²) in [6.07, 6.45) is 1.85. The van der Waals surface area contributed by atoms with Crippen LogP contribution in [0.5, 0.6) is 5.75 Å². The van der Waals surface area contributed by atoms with Crippen molar-refractivity contribution in [1.82, 2.24) is 15.1 Å². The molecule has 29 heavy (non-hydrogen) atoms. The minimum Gasteiger partial charge on any atom is -0.507 e. The van der Waals surface area contributed by atoms with E-state index >= 15 is 0 Å². The van der Waals surface area contributed by atoms with Gasteiger partial charge in [0.25, 0.3) is 5.91 Å². The zero-order valence-corrected chi connectivity index (χ0v) is 17.4. The maximum atomic E-state index is 13.1. The van der Waals surface area contributed by atoms with E-state index in [0.717, 1.165) is 35.1 Å². The van der Waals surface area contributed by atoms with E-state index in [2.05, 4.69) is 48.3 Å². The number of fused-ring (bicyclic) bond motifs is 1. The summed E-state index contributed by atoms with van der Waals surface area (Å²) >= 11 is 0. The number of phenols is 1. The van der Waals surface area contributed by atoms with Gasteiger partial charge >= 0.3 is 0 Å². The van der Waals surface area contributed by atoms with Crippen LogP contribution in [0.3, 0.4) is 0 Å². The molecule has 5 heteroatoms. The molecule has 1 aliphatic heterocycles. The molecule has 150 valence electrons. The van der Waals surface area contributed by atoms with Crippen molar-refractivity contribution in [3.63, 3.8) is 0 Å². The molecule has 2 heterocycles. The Morgan fingerprint density at radius 3 is 2.52 bits per heavy atom. The van der Waals surface area contributed by atoms with Crippen molar-refractivity contribution >= 4 is 5.91 Å². The summed E-state index contributed by atoms with van der Waals surface area (Å²) in [6, 6.07) is 12.1. The standard InChI is InChI=1S/C24H27N3O2/c1-5-11-27-22(17-9-7-16(6-2)8-10-17)19-20(25-26-21(19)24(27)29)18-13-14(3)12-15(4)23(18)28/h7-10,12-13,22,28H,5-6,11H2,1-4H3,(H,25,26). The van der Waals surface area contributed by atoms with Gasteiger partial charge in [0.15, 0.2) is 0 Å². The third-order valence-corrected chi connectivity index (χ3v) is 5.73. The molecular weight excluding hydrogens is 362 g/mol. The molecule has 1 amide bonds. The average molecular weight is 389 g/mol. The minimum absolute atomic E-state index is 0.0333. The number of nitrogens with one attached hydrogen (secondary N) is 1. The maximum Gasteiger partial charge on any atom is 0.273 e. The minimum atomic E-state index is -0.211. The van der Waals surface area contributed by atoms with Crippen LogP contribution in [0.2, 0.25) is 0 Å². The van der Waals surface area contributed by atoms with Crippen molar-refractivity contribution in [1.29, 1.82) is 0 Å². The number of benzene rings is 2. The van der Waals surface area contributed by atoms with Gasteiger partial charge in [-0.25, -0.2) is 0 Å². The molecule has 2 N–H and O–H groups in total. The number of nitrogens with zero attached hydrogens (tertiary/aromatic N) is 2. The Bertz CT molecular complexity index is 1070. The summed E-state index contributed by atoms with van der Waals surface area (Å²) in [7, 11) is 0. The molecule has 1 aromatic heterocycles. The highest BCUT2D eigenvalue weighted by Crippen LogP contribution is 2.45. The Morgan fingerprint density at radius 1 is 1.14 bits per heavy atom. The quantitative estimate of drug-likeness (QED) is 0.651. The highest BCUT2D eigenvalue weighted by atomic mass is 16.3. The Balaban J connectivity index is 1.91. The first-order valence-electron chi connectivity index (χ1n) is 10.2. The third-order valence-electron chi connectivity index (χ3n) is 5.73. The SMILES string of the molecule is CCCN1C(=O)c2[nH]nc(-c3cc(C)cc(C)c3O)c2C1c1ccc(CC)cc1. The van der Waals surface area contributed by atoms with Crippen LogP contribution in [-0.2, 0) is 6.42 Å². The second-order valence-electron chi connectivity index (χ2n) is 7.84. The Hall–Kier alpha value is -3.08. The monoisotopic (exact) mass is 389 g/mol. The van der Waals surface area contributed by atoms with Crippen LogP contribution in [0.1, 0.15) is 64.6 Å². The Labute approximate surface area is 171 Å². The predicted octanol–water partition coefficient (Wildman–Crippen LogP) is 4.92. The van der Waals surface area contributed by atoms with Crippen molar-refractivity contribution in [2.24, 2.45) is 0 Å². The summed E-state index contributed by atoms with van der Waals surface area (Å²) in [5, 5.41) is 18.2. The molecule has 5 nitrogen and oxygen atoms in total. The van der Waals surface area contributed by atoms with Crippen molar-refractivity contribution in [2.45, 2.75) is 46.6 Å². The van der Waals surface area contributed by atoms with E-state index in [4.69, 9.17) is 0 Å². The first kappa shape index (κ1) is 19.2. The van der Waals surface area contributed by atoms with Crippen LogP contribution in [0.4, 0.5) is 0 Å². The van der Waals surface area contributed by atoms with E-state index in [0.29, 0.717) is 23.5 Å². The first-order chi connectivity index (χ1) is 14.0. The summed E-state index contributed by atoms with van der Waals surface area (Å²) in [4.78, 5) is 15.1. The number of rotatable bonds is 5. The average Bonchev–Trinajstić information content (AvgIpc) is 3.25. The highest BCUT2D eigenvalue weighted by molar-refractivity contribution is 6.00. The lowest BCUT2D eigenvalue weighted by Crippen LogP contribution is -2.30. The maximum absolute atomic E-state index is 13.1. The number of carbonyl (C=O) groups is 1. The number of carbonyl (C=O) groups excluding carboxylic acids is 1. The van der Waals surface area contributed by atoms with Gasteiger partial charge in [-0.3, -0.25) is 9.89 Å². The van der Waals surface area contributed by atoms with Crippen LogP contribution in [0.15, 0.2) is 36.4 Å².